The molecule has 6 nitrogen and oxygen atoms in total. The number of benzene rings is 2. The molecule has 0 spiro atoms. The number of anilines is 2. The topological polar surface area (TPSA) is 78.5 Å². The summed E-state index contributed by atoms with van der Waals surface area (Å²) in [4.78, 5) is 9.38. The highest BCUT2D eigenvalue weighted by Gasteiger charge is 2.12. The van der Waals surface area contributed by atoms with Crippen molar-refractivity contribution in [3.63, 3.8) is 0 Å². The number of rotatable bonds is 7. The van der Waals surface area contributed by atoms with Crippen molar-refractivity contribution in [3.05, 3.63) is 76.9 Å². The Balaban J connectivity index is 1.61. The molecule has 4 rings (SSSR count). The molecule has 0 amide bonds. The van der Waals surface area contributed by atoms with Crippen LogP contribution < -0.4 is 10.6 Å². The summed E-state index contributed by atoms with van der Waals surface area (Å²) in [6.45, 7) is 1.36. The van der Waals surface area contributed by atoms with Crippen molar-refractivity contribution in [2.45, 2.75) is 0 Å². The summed E-state index contributed by atoms with van der Waals surface area (Å²) in [6, 6.07) is 19.1. The van der Waals surface area contributed by atoms with E-state index >= 15 is 0 Å². The van der Waals surface area contributed by atoms with Crippen molar-refractivity contribution in [1.29, 1.82) is 0 Å². The van der Waals surface area contributed by atoms with E-state index in [1.165, 1.54) is 0 Å². The van der Waals surface area contributed by atoms with Crippen molar-refractivity contribution in [2.24, 2.45) is 0 Å². The Bertz CT molecular complexity index is 1080. The summed E-state index contributed by atoms with van der Waals surface area (Å²) in [6.07, 6.45) is 1.70. The van der Waals surface area contributed by atoms with Crippen LogP contribution in [0, 0.1) is 0 Å². The van der Waals surface area contributed by atoms with E-state index in [1.807, 2.05) is 48.5 Å². The van der Waals surface area contributed by atoms with Gasteiger partial charge in [0.2, 0.25) is 0 Å². The van der Waals surface area contributed by atoms with Crippen LogP contribution in [0.4, 0.5) is 11.6 Å². The monoisotopic (exact) mass is 424 g/mol. The highest BCUT2D eigenvalue weighted by molar-refractivity contribution is 6.36. The third kappa shape index (κ3) is 4.85. The van der Waals surface area contributed by atoms with Gasteiger partial charge >= 0.3 is 0 Å². The lowest BCUT2D eigenvalue weighted by Gasteiger charge is -2.12. The van der Waals surface area contributed by atoms with Crippen LogP contribution in [0.3, 0.4) is 0 Å². The van der Waals surface area contributed by atoms with Gasteiger partial charge in [-0.1, -0.05) is 53.5 Å². The molecule has 0 saturated heterocycles. The first-order valence-electron chi connectivity index (χ1n) is 9.06. The maximum absolute atomic E-state index is 6.39. The van der Waals surface area contributed by atoms with Gasteiger partial charge in [0.05, 0.1) is 16.9 Å². The normalized spacial score (nSPS) is 10.7. The molecule has 2 heterocycles. The number of nitrogens with zero attached hydrogens (tertiary/aromatic N) is 3. The first kappa shape index (κ1) is 19.2. The smallest absolute Gasteiger partial charge is 0.163 e. The number of aromatic nitrogens is 4. The van der Waals surface area contributed by atoms with Crippen LogP contribution >= 0.6 is 23.2 Å². The molecule has 0 radical (unpaired) electrons. The quantitative estimate of drug-likeness (QED) is 0.347. The van der Waals surface area contributed by atoms with Crippen molar-refractivity contribution in [1.82, 2.24) is 20.2 Å². The van der Waals surface area contributed by atoms with Gasteiger partial charge in [-0.3, -0.25) is 5.10 Å². The molecular weight excluding hydrogens is 407 g/mol. The zero-order chi connectivity index (χ0) is 20.1. The maximum atomic E-state index is 6.39. The van der Waals surface area contributed by atoms with Crippen LogP contribution in [-0.2, 0) is 0 Å². The van der Waals surface area contributed by atoms with Gasteiger partial charge in [-0.05, 0) is 24.3 Å². The Morgan fingerprint density at radius 3 is 2.45 bits per heavy atom. The molecule has 0 fully saturated rings. The Morgan fingerprint density at radius 2 is 1.69 bits per heavy atom. The first-order valence-corrected chi connectivity index (χ1v) is 9.82. The van der Waals surface area contributed by atoms with Crippen LogP contribution in [0.15, 0.2) is 66.9 Å². The summed E-state index contributed by atoms with van der Waals surface area (Å²) in [5, 5.41) is 14.4. The van der Waals surface area contributed by atoms with Gasteiger partial charge in [-0.15, -0.1) is 0 Å². The van der Waals surface area contributed by atoms with E-state index in [1.54, 1.807) is 18.3 Å². The number of hydrogen-bond acceptors (Lipinski definition) is 5. The Labute approximate surface area is 178 Å². The summed E-state index contributed by atoms with van der Waals surface area (Å²) >= 11 is 12.4. The maximum Gasteiger partial charge on any atom is 0.163 e. The predicted molar refractivity (Wildman–Crippen MR) is 118 cm³/mol. The molecule has 146 valence electrons. The van der Waals surface area contributed by atoms with Gasteiger partial charge in [-0.25, -0.2) is 9.97 Å². The molecule has 0 aliphatic rings. The third-order valence-corrected chi connectivity index (χ3v) is 4.76. The second-order valence-electron chi connectivity index (χ2n) is 6.28. The Morgan fingerprint density at radius 1 is 0.862 bits per heavy atom. The summed E-state index contributed by atoms with van der Waals surface area (Å²) in [5.74, 6) is 2.12. The minimum absolute atomic E-state index is 0.509. The van der Waals surface area contributed by atoms with Crippen LogP contribution in [0.1, 0.15) is 0 Å². The van der Waals surface area contributed by atoms with E-state index in [0.29, 0.717) is 34.8 Å². The highest BCUT2D eigenvalue weighted by atomic mass is 35.5. The van der Waals surface area contributed by atoms with E-state index in [-0.39, 0.29) is 0 Å². The molecular formula is C21H18Cl2N6. The van der Waals surface area contributed by atoms with E-state index < -0.39 is 0 Å². The van der Waals surface area contributed by atoms with Crippen molar-refractivity contribution in [3.8, 4) is 22.6 Å². The zero-order valence-corrected chi connectivity index (χ0v) is 16.9. The molecule has 29 heavy (non-hydrogen) atoms. The van der Waals surface area contributed by atoms with Crippen molar-refractivity contribution >= 4 is 34.8 Å². The summed E-state index contributed by atoms with van der Waals surface area (Å²) in [5.41, 5.74) is 2.54. The third-order valence-electron chi connectivity index (χ3n) is 4.22. The Kier molecular flexibility index (Phi) is 5.93. The summed E-state index contributed by atoms with van der Waals surface area (Å²) < 4.78 is 0. The predicted octanol–water partition coefficient (Wildman–Crippen LogP) is 5.36. The number of nitrogens with one attached hydrogen (secondary N) is 3. The average Bonchev–Trinajstić information content (AvgIpc) is 3.25. The molecule has 2 aromatic carbocycles. The van der Waals surface area contributed by atoms with Crippen LogP contribution in [-0.4, -0.2) is 33.3 Å². The highest BCUT2D eigenvalue weighted by Crippen LogP contribution is 2.30. The molecule has 0 unspecified atom stereocenters. The van der Waals surface area contributed by atoms with Gasteiger partial charge in [0.15, 0.2) is 5.82 Å². The van der Waals surface area contributed by atoms with Gasteiger partial charge in [-0.2, -0.15) is 5.10 Å². The second-order valence-corrected chi connectivity index (χ2v) is 7.12. The van der Waals surface area contributed by atoms with Crippen LogP contribution in [0.5, 0.6) is 0 Å². The molecule has 0 aliphatic carbocycles. The second kappa shape index (κ2) is 8.94. The molecule has 4 aromatic rings. The molecule has 8 heteroatoms. The first-order chi connectivity index (χ1) is 14.2. The van der Waals surface area contributed by atoms with Gasteiger partial charge in [0.25, 0.3) is 0 Å². The van der Waals surface area contributed by atoms with E-state index in [9.17, 15) is 0 Å². The van der Waals surface area contributed by atoms with Crippen LogP contribution in [0.2, 0.25) is 10.0 Å². The van der Waals surface area contributed by atoms with E-state index in [0.717, 1.165) is 22.6 Å². The fraction of sp³-hybridized carbons (Fsp3) is 0.0952. The molecule has 0 saturated carbocycles. The number of aromatic amines is 1. The molecule has 3 N–H and O–H groups in total. The zero-order valence-electron chi connectivity index (χ0n) is 15.4. The van der Waals surface area contributed by atoms with Crippen molar-refractivity contribution in [2.75, 3.05) is 23.7 Å². The SMILES string of the molecule is Clc1ccc(-c2nc(NCCNc3ccn[nH]3)cc(-c3ccccc3)n2)c(Cl)c1. The molecule has 0 atom stereocenters. The van der Waals surface area contributed by atoms with E-state index in [2.05, 4.69) is 25.8 Å². The molecule has 0 aliphatic heterocycles. The number of hydrogen-bond donors (Lipinski definition) is 3. The lowest BCUT2D eigenvalue weighted by molar-refractivity contribution is 1.02. The standard InChI is InChI=1S/C21H18Cl2N6/c22-15-6-7-16(17(23)12-15)21-27-18(14-4-2-1-3-5-14)13-20(28-21)25-11-10-24-19-8-9-26-29-19/h1-9,12-13H,10-11H2,(H2,24,26,29)(H,25,27,28). The molecule has 2 aromatic heterocycles. The number of halogens is 2. The summed E-state index contributed by atoms with van der Waals surface area (Å²) in [7, 11) is 0. The van der Waals surface area contributed by atoms with Crippen LogP contribution in [0.25, 0.3) is 22.6 Å². The lowest BCUT2D eigenvalue weighted by Crippen LogP contribution is -2.15. The average molecular weight is 425 g/mol. The minimum atomic E-state index is 0.509. The fourth-order valence-corrected chi connectivity index (χ4v) is 3.32. The fourth-order valence-electron chi connectivity index (χ4n) is 2.83. The largest absolute Gasteiger partial charge is 0.369 e. The Hall–Kier alpha value is -3.09. The van der Waals surface area contributed by atoms with Crippen molar-refractivity contribution < 1.29 is 0 Å². The van der Waals surface area contributed by atoms with Gasteiger partial charge in [0, 0.05) is 35.3 Å². The van der Waals surface area contributed by atoms with Gasteiger partial charge < -0.3 is 10.6 Å². The minimum Gasteiger partial charge on any atom is -0.369 e. The van der Waals surface area contributed by atoms with Gasteiger partial charge in [0.1, 0.15) is 11.6 Å². The lowest BCUT2D eigenvalue weighted by atomic mass is 10.1. The molecule has 0 bridgehead atoms. The van der Waals surface area contributed by atoms with E-state index in [4.69, 9.17) is 28.2 Å². The number of H-pyrrole nitrogens is 1.